The molecule has 0 saturated heterocycles. The topological polar surface area (TPSA) is 55.1 Å². The van der Waals surface area contributed by atoms with E-state index in [1.165, 1.54) is 19.3 Å². The van der Waals surface area contributed by atoms with Gasteiger partial charge in [0, 0.05) is 12.0 Å². The number of rotatable bonds is 2. The maximum atomic E-state index is 12.5. The van der Waals surface area contributed by atoms with Crippen molar-refractivity contribution in [3.05, 3.63) is 28.8 Å². The molecule has 2 aliphatic carbocycles. The third kappa shape index (κ3) is 3.58. The molecular formula is C17H24Cl2N2O. The highest BCUT2D eigenvalue weighted by Gasteiger charge is 2.40. The first-order valence-electron chi connectivity index (χ1n) is 7.87. The molecule has 2 unspecified atom stereocenters. The molecule has 2 aliphatic rings. The van der Waals surface area contributed by atoms with E-state index >= 15 is 0 Å². The van der Waals surface area contributed by atoms with Gasteiger partial charge in [-0.15, -0.1) is 12.4 Å². The van der Waals surface area contributed by atoms with Crippen LogP contribution in [0.25, 0.3) is 0 Å². The molecule has 122 valence electrons. The van der Waals surface area contributed by atoms with Gasteiger partial charge in [0.1, 0.15) is 0 Å². The lowest BCUT2D eigenvalue weighted by Crippen LogP contribution is -2.48. The molecule has 22 heavy (non-hydrogen) atoms. The van der Waals surface area contributed by atoms with E-state index in [9.17, 15) is 4.79 Å². The molecule has 2 saturated carbocycles. The number of aryl methyl sites for hydroxylation is 1. The van der Waals surface area contributed by atoms with Crippen LogP contribution in [-0.4, -0.2) is 11.9 Å². The fourth-order valence-electron chi connectivity index (χ4n) is 3.96. The normalized spacial score (nSPS) is 30.3. The van der Waals surface area contributed by atoms with Crippen LogP contribution in [0, 0.1) is 24.7 Å². The molecule has 2 fully saturated rings. The fourth-order valence-corrected chi connectivity index (χ4v) is 4.24. The van der Waals surface area contributed by atoms with Gasteiger partial charge < -0.3 is 11.1 Å². The number of carbonyl (C=O) groups excluding carboxylic acids is 1. The number of nitrogens with two attached hydrogens (primary N) is 1. The zero-order chi connectivity index (χ0) is 15.0. The summed E-state index contributed by atoms with van der Waals surface area (Å²) in [6.45, 7) is 1.99. The molecule has 1 aromatic carbocycles. The molecule has 2 atom stereocenters. The minimum absolute atomic E-state index is 0. The van der Waals surface area contributed by atoms with Crippen molar-refractivity contribution in [1.29, 1.82) is 0 Å². The molecule has 0 spiro atoms. The second-order valence-electron chi connectivity index (χ2n) is 6.67. The van der Waals surface area contributed by atoms with Gasteiger partial charge in [-0.05, 0) is 62.1 Å². The van der Waals surface area contributed by atoms with Gasteiger partial charge in [-0.2, -0.15) is 0 Å². The smallest absolute Gasteiger partial charge is 0.227 e. The van der Waals surface area contributed by atoms with E-state index in [2.05, 4.69) is 5.32 Å². The average Bonchev–Trinajstić information content (AvgIpc) is 2.41. The van der Waals surface area contributed by atoms with Crippen molar-refractivity contribution in [3.8, 4) is 0 Å². The van der Waals surface area contributed by atoms with Gasteiger partial charge in [0.05, 0.1) is 10.7 Å². The molecule has 0 aromatic heterocycles. The van der Waals surface area contributed by atoms with Crippen LogP contribution < -0.4 is 11.1 Å². The molecule has 1 aromatic rings. The number of carbonyl (C=O) groups is 1. The lowest BCUT2D eigenvalue weighted by Gasteiger charge is -2.43. The van der Waals surface area contributed by atoms with Gasteiger partial charge in [-0.1, -0.05) is 24.1 Å². The predicted molar refractivity (Wildman–Crippen MR) is 93.6 cm³/mol. The number of anilines is 1. The lowest BCUT2D eigenvalue weighted by atomic mass is 9.65. The van der Waals surface area contributed by atoms with Crippen molar-refractivity contribution in [2.75, 3.05) is 5.32 Å². The van der Waals surface area contributed by atoms with Crippen molar-refractivity contribution in [2.24, 2.45) is 23.5 Å². The van der Waals surface area contributed by atoms with E-state index in [-0.39, 0.29) is 24.2 Å². The number of hydrogen-bond donors (Lipinski definition) is 2. The lowest BCUT2D eigenvalue weighted by molar-refractivity contribution is -0.122. The Balaban J connectivity index is 0.00000176. The average molecular weight is 343 g/mol. The standard InChI is InChI=1S/C17H23ClN2O.ClH/c1-10-5-6-15(14(18)7-10)20-17(21)13-8-11-3-2-4-12(9-13)16(11)19;/h5-7,11-13,16H,2-4,8-9,19H2,1H3,(H,20,21);1H. The predicted octanol–water partition coefficient (Wildman–Crippen LogP) is 4.16. The van der Waals surface area contributed by atoms with Crippen molar-refractivity contribution < 1.29 is 4.79 Å². The van der Waals surface area contributed by atoms with E-state index < -0.39 is 0 Å². The van der Waals surface area contributed by atoms with E-state index in [1.807, 2.05) is 25.1 Å². The molecule has 3 N–H and O–H groups in total. The van der Waals surface area contributed by atoms with Crippen molar-refractivity contribution in [3.63, 3.8) is 0 Å². The fraction of sp³-hybridized carbons (Fsp3) is 0.588. The Labute approximate surface area is 143 Å². The van der Waals surface area contributed by atoms with Crippen LogP contribution in [0.15, 0.2) is 18.2 Å². The van der Waals surface area contributed by atoms with Crippen LogP contribution >= 0.6 is 24.0 Å². The maximum absolute atomic E-state index is 12.5. The van der Waals surface area contributed by atoms with Crippen molar-refractivity contribution in [1.82, 2.24) is 0 Å². The van der Waals surface area contributed by atoms with Crippen LogP contribution in [0.2, 0.25) is 5.02 Å². The van der Waals surface area contributed by atoms with Gasteiger partial charge in [-0.25, -0.2) is 0 Å². The molecule has 0 aliphatic heterocycles. The number of nitrogens with one attached hydrogen (secondary N) is 1. The molecular weight excluding hydrogens is 319 g/mol. The van der Waals surface area contributed by atoms with Crippen LogP contribution in [0.1, 0.15) is 37.7 Å². The number of benzene rings is 1. The molecule has 5 heteroatoms. The minimum atomic E-state index is 0. The molecule has 3 rings (SSSR count). The molecule has 2 bridgehead atoms. The summed E-state index contributed by atoms with van der Waals surface area (Å²) >= 11 is 6.20. The summed E-state index contributed by atoms with van der Waals surface area (Å²) < 4.78 is 0. The maximum Gasteiger partial charge on any atom is 0.227 e. The van der Waals surface area contributed by atoms with Crippen LogP contribution in [0.3, 0.4) is 0 Å². The molecule has 1 amide bonds. The summed E-state index contributed by atoms with van der Waals surface area (Å²) in [5.74, 6) is 1.21. The van der Waals surface area contributed by atoms with Crippen molar-refractivity contribution >= 4 is 35.6 Å². The first-order chi connectivity index (χ1) is 10.0. The van der Waals surface area contributed by atoms with Crippen LogP contribution in [0.4, 0.5) is 5.69 Å². The van der Waals surface area contributed by atoms with Gasteiger partial charge in [-0.3, -0.25) is 4.79 Å². The zero-order valence-electron chi connectivity index (χ0n) is 12.8. The highest BCUT2D eigenvalue weighted by atomic mass is 35.5. The minimum Gasteiger partial charge on any atom is -0.327 e. The largest absolute Gasteiger partial charge is 0.327 e. The SMILES string of the molecule is Cc1ccc(NC(=O)C2CC3CCCC(C2)C3N)c(Cl)c1.Cl. The Morgan fingerprint density at radius 1 is 1.27 bits per heavy atom. The Morgan fingerprint density at radius 2 is 1.91 bits per heavy atom. The summed E-state index contributed by atoms with van der Waals surface area (Å²) in [6, 6.07) is 6.02. The number of halogens is 2. The van der Waals surface area contributed by atoms with Gasteiger partial charge >= 0.3 is 0 Å². The Kier molecular flexibility index (Phi) is 5.76. The number of amides is 1. The number of fused-ring (bicyclic) bond motifs is 2. The first kappa shape index (κ1) is 17.6. The Morgan fingerprint density at radius 3 is 2.50 bits per heavy atom. The second-order valence-corrected chi connectivity index (χ2v) is 7.08. The van der Waals surface area contributed by atoms with Crippen LogP contribution in [-0.2, 0) is 4.79 Å². The van der Waals surface area contributed by atoms with Crippen LogP contribution in [0.5, 0.6) is 0 Å². The van der Waals surface area contributed by atoms with Gasteiger partial charge in [0.2, 0.25) is 5.91 Å². The summed E-state index contributed by atoms with van der Waals surface area (Å²) in [5, 5.41) is 3.61. The first-order valence-corrected chi connectivity index (χ1v) is 8.25. The molecule has 3 nitrogen and oxygen atoms in total. The quantitative estimate of drug-likeness (QED) is 0.847. The highest BCUT2D eigenvalue weighted by Crippen LogP contribution is 2.42. The summed E-state index contributed by atoms with van der Waals surface area (Å²) in [5.41, 5.74) is 8.10. The van der Waals surface area contributed by atoms with Gasteiger partial charge in [0.25, 0.3) is 0 Å². The Bertz CT molecular complexity index is 535. The summed E-state index contributed by atoms with van der Waals surface area (Å²) in [7, 11) is 0. The van der Waals surface area contributed by atoms with Crippen molar-refractivity contribution in [2.45, 2.75) is 45.1 Å². The molecule has 0 heterocycles. The summed E-state index contributed by atoms with van der Waals surface area (Å²) in [4.78, 5) is 12.5. The molecule has 0 radical (unpaired) electrons. The number of hydrogen-bond acceptors (Lipinski definition) is 2. The summed E-state index contributed by atoms with van der Waals surface area (Å²) in [6.07, 6.45) is 5.46. The van der Waals surface area contributed by atoms with E-state index in [4.69, 9.17) is 17.3 Å². The second kappa shape index (κ2) is 7.20. The van der Waals surface area contributed by atoms with E-state index in [0.717, 1.165) is 18.4 Å². The Hall–Kier alpha value is -0.770. The van der Waals surface area contributed by atoms with Gasteiger partial charge in [0.15, 0.2) is 0 Å². The third-order valence-corrected chi connectivity index (χ3v) is 5.48. The third-order valence-electron chi connectivity index (χ3n) is 5.17. The van der Waals surface area contributed by atoms with E-state index in [0.29, 0.717) is 28.6 Å². The van der Waals surface area contributed by atoms with E-state index in [1.54, 1.807) is 0 Å². The monoisotopic (exact) mass is 342 g/mol. The highest BCUT2D eigenvalue weighted by molar-refractivity contribution is 6.33. The zero-order valence-corrected chi connectivity index (χ0v) is 14.4.